The number of carbonyl (C=O) groups is 1. The summed E-state index contributed by atoms with van der Waals surface area (Å²) in [5.41, 5.74) is -0.673. The van der Waals surface area contributed by atoms with E-state index in [0.717, 1.165) is 12.8 Å². The fourth-order valence-corrected chi connectivity index (χ4v) is 3.18. The van der Waals surface area contributed by atoms with Crippen molar-refractivity contribution in [3.8, 4) is 0 Å². The molecule has 2 rings (SSSR count). The van der Waals surface area contributed by atoms with Crippen LogP contribution in [0.2, 0.25) is 0 Å². The van der Waals surface area contributed by atoms with Crippen molar-refractivity contribution in [2.75, 3.05) is 0 Å². The molecular weight excluding hydrogens is 218 g/mol. The van der Waals surface area contributed by atoms with Crippen LogP contribution in [-0.4, -0.2) is 39.4 Å². The van der Waals surface area contributed by atoms with Gasteiger partial charge in [0.15, 0.2) is 0 Å². The number of nitrogens with zero attached hydrogens (tertiary/aromatic N) is 1. The minimum atomic E-state index is -0.455. The van der Waals surface area contributed by atoms with E-state index in [0.29, 0.717) is 12.8 Å². The first-order chi connectivity index (χ1) is 7.71. The van der Waals surface area contributed by atoms with Gasteiger partial charge in [0.25, 0.3) is 0 Å². The van der Waals surface area contributed by atoms with Crippen molar-refractivity contribution in [3.05, 3.63) is 0 Å². The maximum atomic E-state index is 12.2. The Morgan fingerprint density at radius 2 is 2.12 bits per heavy atom. The third-order valence-corrected chi connectivity index (χ3v) is 3.77. The maximum absolute atomic E-state index is 12.2. The van der Waals surface area contributed by atoms with Gasteiger partial charge >= 0.3 is 6.09 Å². The van der Waals surface area contributed by atoms with Crippen LogP contribution < -0.4 is 0 Å². The second-order valence-corrected chi connectivity index (χ2v) is 6.63. The zero-order valence-electron chi connectivity index (χ0n) is 11.2. The van der Waals surface area contributed by atoms with Crippen LogP contribution in [0.15, 0.2) is 0 Å². The van der Waals surface area contributed by atoms with Crippen molar-refractivity contribution in [1.29, 1.82) is 0 Å². The predicted molar refractivity (Wildman–Crippen MR) is 64.7 cm³/mol. The fraction of sp³-hybridized carbons (Fsp3) is 0.923. The summed E-state index contributed by atoms with van der Waals surface area (Å²) in [6.07, 6.45) is 2.80. The summed E-state index contributed by atoms with van der Waals surface area (Å²) in [5.74, 6) is 0. The highest BCUT2D eigenvalue weighted by Gasteiger charge is 2.51. The van der Waals surface area contributed by atoms with Gasteiger partial charge in [-0.05, 0) is 53.4 Å². The molecule has 2 aliphatic rings. The molecule has 2 bridgehead atoms. The molecular formula is C13H23NO3. The standard InChI is InChI=1S/C13H23NO3/c1-12(2,3)17-11(16)14-9-5-6-13(14,4)8-10(15)7-9/h9-10,15H,5-8H2,1-4H3/t9?,10-,13+/m1/s1. The monoisotopic (exact) mass is 241 g/mol. The summed E-state index contributed by atoms with van der Waals surface area (Å²) in [7, 11) is 0. The highest BCUT2D eigenvalue weighted by Crippen LogP contribution is 2.44. The van der Waals surface area contributed by atoms with Crippen LogP contribution in [0.4, 0.5) is 4.79 Å². The van der Waals surface area contributed by atoms with Crippen LogP contribution in [0, 0.1) is 0 Å². The highest BCUT2D eigenvalue weighted by molar-refractivity contribution is 5.70. The van der Waals surface area contributed by atoms with Crippen molar-refractivity contribution in [2.24, 2.45) is 0 Å². The number of hydrogen-bond donors (Lipinski definition) is 1. The third kappa shape index (κ3) is 2.41. The van der Waals surface area contributed by atoms with E-state index in [1.807, 2.05) is 25.7 Å². The second-order valence-electron chi connectivity index (χ2n) is 6.63. The number of hydrogen-bond acceptors (Lipinski definition) is 3. The molecule has 4 heteroatoms. The van der Waals surface area contributed by atoms with Gasteiger partial charge in [-0.3, -0.25) is 4.90 Å². The summed E-state index contributed by atoms with van der Waals surface area (Å²) < 4.78 is 5.46. The van der Waals surface area contributed by atoms with E-state index in [-0.39, 0.29) is 23.8 Å². The van der Waals surface area contributed by atoms with E-state index in [1.165, 1.54) is 0 Å². The van der Waals surface area contributed by atoms with Gasteiger partial charge in [0, 0.05) is 11.6 Å². The van der Waals surface area contributed by atoms with Crippen LogP contribution in [-0.2, 0) is 4.74 Å². The molecule has 2 heterocycles. The molecule has 0 spiro atoms. The van der Waals surface area contributed by atoms with Gasteiger partial charge in [0.1, 0.15) is 5.60 Å². The smallest absolute Gasteiger partial charge is 0.410 e. The van der Waals surface area contributed by atoms with E-state index in [2.05, 4.69) is 6.92 Å². The molecule has 0 aliphatic carbocycles. The molecule has 4 nitrogen and oxygen atoms in total. The minimum absolute atomic E-state index is 0.151. The lowest BCUT2D eigenvalue weighted by molar-refractivity contribution is -0.0361. The third-order valence-electron chi connectivity index (χ3n) is 3.77. The number of rotatable bonds is 0. The zero-order valence-corrected chi connectivity index (χ0v) is 11.2. The highest BCUT2D eigenvalue weighted by atomic mass is 16.6. The van der Waals surface area contributed by atoms with Crippen molar-refractivity contribution in [2.45, 2.75) is 76.7 Å². The Kier molecular flexibility index (Phi) is 2.89. The van der Waals surface area contributed by atoms with Crippen LogP contribution in [0.3, 0.4) is 0 Å². The Bertz CT molecular complexity index is 323. The molecule has 2 aliphatic heterocycles. The number of carbonyl (C=O) groups excluding carboxylic acids is 1. The summed E-state index contributed by atoms with van der Waals surface area (Å²) in [6, 6.07) is 0.151. The number of piperidine rings is 1. The Balaban J connectivity index is 2.14. The first-order valence-electron chi connectivity index (χ1n) is 6.42. The normalized spacial score (nSPS) is 37.1. The number of ether oxygens (including phenoxy) is 1. The van der Waals surface area contributed by atoms with E-state index < -0.39 is 5.60 Å². The molecule has 1 unspecified atom stereocenters. The van der Waals surface area contributed by atoms with Gasteiger partial charge < -0.3 is 9.84 Å². The summed E-state index contributed by atoms with van der Waals surface area (Å²) in [5, 5.41) is 9.81. The van der Waals surface area contributed by atoms with E-state index in [9.17, 15) is 9.90 Å². The average molecular weight is 241 g/mol. The largest absolute Gasteiger partial charge is 0.444 e. The molecule has 1 N–H and O–H groups in total. The first kappa shape index (κ1) is 12.7. The van der Waals surface area contributed by atoms with Crippen molar-refractivity contribution in [1.82, 2.24) is 4.90 Å². The quantitative estimate of drug-likeness (QED) is 0.708. The molecule has 2 saturated heterocycles. The lowest BCUT2D eigenvalue weighted by atomic mass is 9.89. The molecule has 3 atom stereocenters. The predicted octanol–water partition coefficient (Wildman–Crippen LogP) is 2.30. The molecule has 17 heavy (non-hydrogen) atoms. The number of aliphatic hydroxyl groups excluding tert-OH is 1. The van der Waals surface area contributed by atoms with Crippen LogP contribution >= 0.6 is 0 Å². The molecule has 0 radical (unpaired) electrons. The molecule has 0 aromatic rings. The van der Waals surface area contributed by atoms with Gasteiger partial charge in [-0.25, -0.2) is 4.79 Å². The van der Waals surface area contributed by atoms with Gasteiger partial charge in [0.2, 0.25) is 0 Å². The zero-order chi connectivity index (χ0) is 12.8. The number of amides is 1. The topological polar surface area (TPSA) is 49.8 Å². The van der Waals surface area contributed by atoms with Gasteiger partial charge in [-0.1, -0.05) is 0 Å². The van der Waals surface area contributed by atoms with Crippen molar-refractivity contribution >= 4 is 6.09 Å². The van der Waals surface area contributed by atoms with Crippen LogP contribution in [0.1, 0.15) is 53.4 Å². The lowest BCUT2D eigenvalue weighted by Gasteiger charge is -2.44. The minimum Gasteiger partial charge on any atom is -0.444 e. The van der Waals surface area contributed by atoms with Crippen molar-refractivity contribution in [3.63, 3.8) is 0 Å². The second kappa shape index (κ2) is 3.87. The SMILES string of the molecule is CC(C)(C)OC(=O)N1C2CC[C@@]1(C)C[C@H](O)C2. The molecule has 1 amide bonds. The first-order valence-corrected chi connectivity index (χ1v) is 6.42. The molecule has 0 aromatic carbocycles. The van der Waals surface area contributed by atoms with E-state index in [4.69, 9.17) is 4.74 Å². The van der Waals surface area contributed by atoms with E-state index >= 15 is 0 Å². The van der Waals surface area contributed by atoms with Crippen molar-refractivity contribution < 1.29 is 14.6 Å². The summed E-state index contributed by atoms with van der Waals surface area (Å²) in [6.45, 7) is 7.70. The lowest BCUT2D eigenvalue weighted by Crippen LogP contribution is -2.56. The average Bonchev–Trinajstić information content (AvgIpc) is 2.31. The fourth-order valence-electron chi connectivity index (χ4n) is 3.18. The Labute approximate surface area is 103 Å². The number of aliphatic hydroxyl groups is 1. The van der Waals surface area contributed by atoms with E-state index in [1.54, 1.807) is 0 Å². The number of fused-ring (bicyclic) bond motifs is 2. The molecule has 0 aromatic heterocycles. The van der Waals surface area contributed by atoms with Crippen LogP contribution in [0.5, 0.6) is 0 Å². The maximum Gasteiger partial charge on any atom is 0.410 e. The Morgan fingerprint density at radius 1 is 1.47 bits per heavy atom. The van der Waals surface area contributed by atoms with Gasteiger partial charge in [0.05, 0.1) is 6.10 Å². The van der Waals surface area contributed by atoms with Crippen LogP contribution in [0.25, 0.3) is 0 Å². The Hall–Kier alpha value is -0.770. The molecule has 2 fully saturated rings. The molecule has 98 valence electrons. The van der Waals surface area contributed by atoms with Gasteiger partial charge in [-0.15, -0.1) is 0 Å². The summed E-state index contributed by atoms with van der Waals surface area (Å²) in [4.78, 5) is 14.1. The Morgan fingerprint density at radius 3 is 2.65 bits per heavy atom. The molecule has 0 saturated carbocycles. The summed E-state index contributed by atoms with van der Waals surface area (Å²) >= 11 is 0. The van der Waals surface area contributed by atoms with Gasteiger partial charge in [-0.2, -0.15) is 0 Å².